The van der Waals surface area contributed by atoms with Crippen molar-refractivity contribution in [3.8, 4) is 0 Å². The lowest BCUT2D eigenvalue weighted by Crippen LogP contribution is -2.30. The van der Waals surface area contributed by atoms with E-state index in [0.717, 1.165) is 6.54 Å². The lowest BCUT2D eigenvalue weighted by atomic mass is 10.2. The van der Waals surface area contributed by atoms with Crippen LogP contribution in [0, 0.1) is 0 Å². The van der Waals surface area contributed by atoms with Crippen molar-refractivity contribution < 1.29 is 9.53 Å². The first-order valence-corrected chi connectivity index (χ1v) is 4.89. The zero-order valence-electron chi connectivity index (χ0n) is 8.77. The summed E-state index contributed by atoms with van der Waals surface area (Å²) in [5, 5.41) is 3.17. The van der Waals surface area contributed by atoms with Gasteiger partial charge in [-0.05, 0) is 12.5 Å². The molecule has 0 aromatic heterocycles. The summed E-state index contributed by atoms with van der Waals surface area (Å²) in [5.41, 5.74) is 6.09. The highest BCUT2D eigenvalue weighted by Crippen LogP contribution is 1.97. The summed E-state index contributed by atoms with van der Waals surface area (Å²) >= 11 is 0. The summed E-state index contributed by atoms with van der Waals surface area (Å²) in [5.74, 6) is 0. The van der Waals surface area contributed by atoms with Gasteiger partial charge in [-0.15, -0.1) is 0 Å². The van der Waals surface area contributed by atoms with E-state index in [4.69, 9.17) is 10.5 Å². The average Bonchev–Trinajstić information content (AvgIpc) is 2.18. The number of hydrogen-bond donors (Lipinski definition) is 2. The molecular formula is C11H16N2O2. The Morgan fingerprint density at radius 3 is 2.73 bits per heavy atom. The maximum atomic E-state index is 10.4. The van der Waals surface area contributed by atoms with Crippen molar-refractivity contribution in [2.24, 2.45) is 5.73 Å². The lowest BCUT2D eigenvalue weighted by Gasteiger charge is -2.12. The van der Waals surface area contributed by atoms with E-state index in [0.29, 0.717) is 6.54 Å². The molecule has 4 nitrogen and oxygen atoms in total. The van der Waals surface area contributed by atoms with Crippen LogP contribution in [0.15, 0.2) is 30.3 Å². The van der Waals surface area contributed by atoms with Gasteiger partial charge in [0.25, 0.3) is 0 Å². The van der Waals surface area contributed by atoms with Gasteiger partial charge in [-0.2, -0.15) is 0 Å². The molecule has 1 aromatic rings. The average molecular weight is 208 g/mol. The molecule has 0 aliphatic heterocycles. The number of ether oxygens (including phenoxy) is 1. The highest BCUT2D eigenvalue weighted by Gasteiger charge is 2.04. The third-order valence-electron chi connectivity index (χ3n) is 1.92. The molecule has 0 unspecified atom stereocenters. The molecule has 1 atom stereocenters. The minimum absolute atomic E-state index is 0.203. The Bertz CT molecular complexity index is 301. The van der Waals surface area contributed by atoms with Crippen LogP contribution in [0.5, 0.6) is 0 Å². The van der Waals surface area contributed by atoms with Crippen LogP contribution < -0.4 is 11.1 Å². The molecule has 1 rings (SSSR count). The molecule has 0 bridgehead atoms. The molecule has 0 spiro atoms. The van der Waals surface area contributed by atoms with Gasteiger partial charge in [-0.25, -0.2) is 4.79 Å². The Morgan fingerprint density at radius 1 is 1.47 bits per heavy atom. The van der Waals surface area contributed by atoms with Crippen LogP contribution in [0.25, 0.3) is 0 Å². The summed E-state index contributed by atoms with van der Waals surface area (Å²) < 4.78 is 4.76. The number of benzene rings is 1. The monoisotopic (exact) mass is 208 g/mol. The fourth-order valence-electron chi connectivity index (χ4n) is 1.26. The number of primary amides is 1. The number of hydrogen-bond acceptors (Lipinski definition) is 3. The van der Waals surface area contributed by atoms with Gasteiger partial charge in [0.05, 0.1) is 0 Å². The minimum Gasteiger partial charge on any atom is -0.445 e. The van der Waals surface area contributed by atoms with Gasteiger partial charge >= 0.3 is 6.09 Å². The molecule has 3 N–H and O–H groups in total. The lowest BCUT2D eigenvalue weighted by molar-refractivity contribution is 0.115. The summed E-state index contributed by atoms with van der Waals surface area (Å²) in [6.07, 6.45) is -0.935. The van der Waals surface area contributed by atoms with Gasteiger partial charge in [-0.3, -0.25) is 0 Å². The minimum atomic E-state index is -0.732. The first-order valence-electron chi connectivity index (χ1n) is 4.89. The van der Waals surface area contributed by atoms with Gasteiger partial charge in [0, 0.05) is 13.1 Å². The molecule has 1 amide bonds. The Balaban J connectivity index is 2.19. The fourth-order valence-corrected chi connectivity index (χ4v) is 1.26. The highest BCUT2D eigenvalue weighted by molar-refractivity contribution is 5.64. The van der Waals surface area contributed by atoms with E-state index < -0.39 is 6.09 Å². The molecule has 4 heteroatoms. The SMILES string of the molecule is C[C@@H](CNCc1ccccc1)OC(N)=O. The first kappa shape index (κ1) is 11.5. The van der Waals surface area contributed by atoms with Crippen molar-refractivity contribution in [2.75, 3.05) is 6.54 Å². The summed E-state index contributed by atoms with van der Waals surface area (Å²) in [4.78, 5) is 10.4. The summed E-state index contributed by atoms with van der Waals surface area (Å²) in [6.45, 7) is 3.15. The van der Waals surface area contributed by atoms with E-state index in [9.17, 15) is 4.79 Å². The molecule has 0 heterocycles. The molecule has 0 aliphatic carbocycles. The predicted molar refractivity (Wildman–Crippen MR) is 58.3 cm³/mol. The topological polar surface area (TPSA) is 64.3 Å². The molecule has 0 fully saturated rings. The molecule has 0 radical (unpaired) electrons. The van der Waals surface area contributed by atoms with E-state index in [2.05, 4.69) is 5.32 Å². The van der Waals surface area contributed by atoms with Gasteiger partial charge < -0.3 is 15.8 Å². The van der Waals surface area contributed by atoms with Crippen molar-refractivity contribution in [2.45, 2.75) is 19.6 Å². The molecule has 0 aliphatic rings. The first-order chi connectivity index (χ1) is 7.18. The zero-order chi connectivity index (χ0) is 11.1. The molecule has 0 saturated heterocycles. The normalized spacial score (nSPS) is 12.1. The summed E-state index contributed by atoms with van der Waals surface area (Å²) in [6, 6.07) is 10.0. The van der Waals surface area contributed by atoms with E-state index in [-0.39, 0.29) is 6.10 Å². The van der Waals surface area contributed by atoms with E-state index in [1.165, 1.54) is 5.56 Å². The Hall–Kier alpha value is -1.55. The third kappa shape index (κ3) is 5.02. The van der Waals surface area contributed by atoms with E-state index in [1.54, 1.807) is 6.92 Å². The standard InChI is InChI=1S/C11H16N2O2/c1-9(15-11(12)14)7-13-8-10-5-3-2-4-6-10/h2-6,9,13H,7-8H2,1H3,(H2,12,14)/t9-/m0/s1. The number of nitrogens with two attached hydrogens (primary N) is 1. The Kier molecular flexibility index (Phi) is 4.63. The van der Waals surface area contributed by atoms with Crippen molar-refractivity contribution in [3.63, 3.8) is 0 Å². The van der Waals surface area contributed by atoms with E-state index >= 15 is 0 Å². The van der Waals surface area contributed by atoms with Crippen LogP contribution in [-0.2, 0) is 11.3 Å². The maximum absolute atomic E-state index is 10.4. The Morgan fingerprint density at radius 2 is 2.13 bits per heavy atom. The number of carbonyl (C=O) groups excluding carboxylic acids is 1. The maximum Gasteiger partial charge on any atom is 0.404 e. The number of amides is 1. The number of nitrogens with one attached hydrogen (secondary N) is 1. The van der Waals surface area contributed by atoms with Gasteiger partial charge in [0.1, 0.15) is 6.10 Å². The Labute approximate surface area is 89.4 Å². The van der Waals surface area contributed by atoms with Crippen molar-refractivity contribution in [1.29, 1.82) is 0 Å². The van der Waals surface area contributed by atoms with E-state index in [1.807, 2.05) is 30.3 Å². The zero-order valence-corrected chi connectivity index (χ0v) is 8.77. The fraction of sp³-hybridized carbons (Fsp3) is 0.364. The summed E-state index contributed by atoms with van der Waals surface area (Å²) in [7, 11) is 0. The molecule has 82 valence electrons. The molecule has 1 aromatic carbocycles. The van der Waals surface area contributed by atoms with Crippen molar-refractivity contribution in [3.05, 3.63) is 35.9 Å². The molecular weight excluding hydrogens is 192 g/mol. The van der Waals surface area contributed by atoms with Gasteiger partial charge in [-0.1, -0.05) is 30.3 Å². The van der Waals surface area contributed by atoms with Crippen LogP contribution >= 0.6 is 0 Å². The van der Waals surface area contributed by atoms with Crippen LogP contribution in [0.2, 0.25) is 0 Å². The second-order valence-electron chi connectivity index (χ2n) is 3.36. The molecule has 0 saturated carbocycles. The van der Waals surface area contributed by atoms with Crippen LogP contribution in [-0.4, -0.2) is 18.7 Å². The number of rotatable bonds is 5. The smallest absolute Gasteiger partial charge is 0.404 e. The predicted octanol–water partition coefficient (Wildman–Crippen LogP) is 1.26. The molecule has 15 heavy (non-hydrogen) atoms. The van der Waals surface area contributed by atoms with Crippen LogP contribution in [0.3, 0.4) is 0 Å². The second-order valence-corrected chi connectivity index (χ2v) is 3.36. The van der Waals surface area contributed by atoms with Gasteiger partial charge in [0.2, 0.25) is 0 Å². The van der Waals surface area contributed by atoms with Crippen LogP contribution in [0.4, 0.5) is 4.79 Å². The van der Waals surface area contributed by atoms with Gasteiger partial charge in [0.15, 0.2) is 0 Å². The van der Waals surface area contributed by atoms with Crippen LogP contribution in [0.1, 0.15) is 12.5 Å². The largest absolute Gasteiger partial charge is 0.445 e. The quantitative estimate of drug-likeness (QED) is 0.765. The van der Waals surface area contributed by atoms with Crippen molar-refractivity contribution >= 4 is 6.09 Å². The second kappa shape index (κ2) is 6.03. The van der Waals surface area contributed by atoms with Crippen molar-refractivity contribution in [1.82, 2.24) is 5.32 Å². The number of carbonyl (C=O) groups is 1. The highest BCUT2D eigenvalue weighted by atomic mass is 16.6. The third-order valence-corrected chi connectivity index (χ3v) is 1.92.